The Bertz CT molecular complexity index is 1500. The second-order valence-electron chi connectivity index (χ2n) is 10.2. The number of hydrogen-bond donors (Lipinski definition) is 1. The number of hydrogen-bond acceptors (Lipinski definition) is 4. The van der Waals surface area contributed by atoms with Gasteiger partial charge in [-0.1, -0.05) is 49.1 Å². The summed E-state index contributed by atoms with van der Waals surface area (Å²) in [5.41, 5.74) is 6.08. The minimum absolute atomic E-state index is 0.263. The zero-order valence-corrected chi connectivity index (χ0v) is 23.5. The zero-order valence-electron chi connectivity index (χ0n) is 22.8. The number of rotatable bonds is 9. The van der Waals surface area contributed by atoms with Crippen LogP contribution in [0, 0.1) is 0 Å². The largest absolute Gasteiger partial charge is 0.497 e. The molecule has 4 aromatic rings. The fraction of sp³-hybridized carbons (Fsp3) is 0.273. The van der Waals surface area contributed by atoms with E-state index in [0.29, 0.717) is 23.2 Å². The van der Waals surface area contributed by atoms with Crippen molar-refractivity contribution in [3.63, 3.8) is 0 Å². The number of benzene rings is 3. The summed E-state index contributed by atoms with van der Waals surface area (Å²) in [5.74, 6) is 0.972. The van der Waals surface area contributed by atoms with Gasteiger partial charge in [0, 0.05) is 27.8 Å². The van der Waals surface area contributed by atoms with Crippen LogP contribution in [0.3, 0.4) is 0 Å². The predicted molar refractivity (Wildman–Crippen MR) is 158 cm³/mol. The molecule has 0 saturated heterocycles. The van der Waals surface area contributed by atoms with E-state index in [-0.39, 0.29) is 5.57 Å². The Morgan fingerprint density at radius 2 is 1.70 bits per heavy atom. The number of carboxylic acid groups (broad SMARTS) is 1. The molecule has 0 bridgehead atoms. The molecular formula is C33H33ClN2O4. The third-order valence-corrected chi connectivity index (χ3v) is 7.68. The van der Waals surface area contributed by atoms with E-state index in [1.165, 1.54) is 19.3 Å². The lowest BCUT2D eigenvalue weighted by Gasteiger charge is -2.22. The highest BCUT2D eigenvalue weighted by Crippen LogP contribution is 2.35. The minimum Gasteiger partial charge on any atom is -0.497 e. The molecule has 206 valence electrons. The maximum Gasteiger partial charge on any atom is 0.331 e. The molecule has 40 heavy (non-hydrogen) atoms. The van der Waals surface area contributed by atoms with Crippen molar-refractivity contribution in [3.05, 3.63) is 100 Å². The van der Waals surface area contributed by atoms with E-state index < -0.39 is 5.97 Å². The summed E-state index contributed by atoms with van der Waals surface area (Å²) in [6.07, 6.45) is 7.52. The van der Waals surface area contributed by atoms with Gasteiger partial charge in [0.15, 0.2) is 0 Å². The van der Waals surface area contributed by atoms with Crippen LogP contribution < -0.4 is 9.47 Å². The normalized spacial score (nSPS) is 14.2. The number of aliphatic carboxylic acids is 1. The fourth-order valence-corrected chi connectivity index (χ4v) is 5.36. The minimum atomic E-state index is -0.939. The molecule has 0 unspecified atom stereocenters. The maximum atomic E-state index is 11.4. The first-order valence-corrected chi connectivity index (χ1v) is 14.0. The van der Waals surface area contributed by atoms with E-state index in [1.54, 1.807) is 20.1 Å². The number of nitrogens with zero attached hydrogens (tertiary/aromatic N) is 2. The van der Waals surface area contributed by atoms with Gasteiger partial charge in [0.2, 0.25) is 0 Å². The molecule has 0 radical (unpaired) electrons. The first-order valence-electron chi connectivity index (χ1n) is 13.6. The summed E-state index contributed by atoms with van der Waals surface area (Å²) in [4.78, 5) is 11.4. The topological polar surface area (TPSA) is 73.6 Å². The summed E-state index contributed by atoms with van der Waals surface area (Å²) in [7, 11) is 1.65. The summed E-state index contributed by atoms with van der Waals surface area (Å²) >= 11 is 6.10. The maximum absolute atomic E-state index is 11.4. The Morgan fingerprint density at radius 1 is 1.00 bits per heavy atom. The Kier molecular flexibility index (Phi) is 8.56. The van der Waals surface area contributed by atoms with Crippen LogP contribution in [0.15, 0.2) is 78.4 Å². The van der Waals surface area contributed by atoms with E-state index in [0.717, 1.165) is 52.4 Å². The van der Waals surface area contributed by atoms with Crippen molar-refractivity contribution in [3.8, 4) is 28.3 Å². The molecule has 0 atom stereocenters. The highest BCUT2D eigenvalue weighted by molar-refractivity contribution is 6.30. The first-order chi connectivity index (χ1) is 19.4. The summed E-state index contributed by atoms with van der Waals surface area (Å²) < 4.78 is 13.6. The van der Waals surface area contributed by atoms with E-state index in [9.17, 15) is 9.90 Å². The van der Waals surface area contributed by atoms with Crippen molar-refractivity contribution in [2.24, 2.45) is 0 Å². The number of aromatic nitrogens is 2. The van der Waals surface area contributed by atoms with Gasteiger partial charge in [-0.3, -0.25) is 0 Å². The SMILES string of the molecule is COc1ccc(-c2ccc(Cl)cc2)c(COc2ccc(-n3nc(C=C(C)C(=O)O)cc3C3CCCCC3)cc2)c1. The Hall–Kier alpha value is -4.03. The van der Waals surface area contributed by atoms with E-state index >= 15 is 0 Å². The molecule has 1 heterocycles. The lowest BCUT2D eigenvalue weighted by atomic mass is 9.86. The molecule has 6 nitrogen and oxygen atoms in total. The molecule has 1 aliphatic carbocycles. The standard InChI is InChI=1S/C33H33ClN2O4/c1-22(33(37)38)18-27-20-32(24-6-4-3-5-7-24)36(35-27)28-12-14-29(15-13-28)40-21-25-19-30(39-2)16-17-31(25)23-8-10-26(34)11-9-23/h8-20,24H,3-7,21H2,1-2H3,(H,37,38). The fourth-order valence-electron chi connectivity index (χ4n) is 5.24. The van der Waals surface area contributed by atoms with Gasteiger partial charge < -0.3 is 14.6 Å². The summed E-state index contributed by atoms with van der Waals surface area (Å²) in [5, 5.41) is 14.8. The molecule has 1 fully saturated rings. The van der Waals surface area contributed by atoms with Crippen molar-refractivity contribution in [2.75, 3.05) is 7.11 Å². The number of ether oxygens (including phenoxy) is 2. The van der Waals surface area contributed by atoms with Crippen LogP contribution in [0.2, 0.25) is 5.02 Å². The van der Waals surface area contributed by atoms with Crippen LogP contribution in [0.25, 0.3) is 22.9 Å². The number of carbonyl (C=O) groups is 1. The highest BCUT2D eigenvalue weighted by atomic mass is 35.5. The molecular weight excluding hydrogens is 524 g/mol. The van der Waals surface area contributed by atoms with Crippen LogP contribution in [-0.4, -0.2) is 28.0 Å². The molecule has 1 saturated carbocycles. The van der Waals surface area contributed by atoms with E-state index in [1.807, 2.05) is 77.5 Å². The smallest absolute Gasteiger partial charge is 0.331 e. The second-order valence-corrected chi connectivity index (χ2v) is 10.6. The molecule has 1 aliphatic rings. The van der Waals surface area contributed by atoms with Crippen molar-refractivity contribution in [2.45, 2.75) is 51.6 Å². The molecule has 5 rings (SSSR count). The number of halogens is 1. The number of methoxy groups -OCH3 is 1. The second kappa shape index (κ2) is 12.4. The summed E-state index contributed by atoms with van der Waals surface area (Å²) in [6.45, 7) is 1.96. The van der Waals surface area contributed by atoms with Gasteiger partial charge in [0.25, 0.3) is 0 Å². The first kappa shape index (κ1) is 27.5. The third kappa shape index (κ3) is 6.40. The molecule has 7 heteroatoms. The van der Waals surface area contributed by atoms with Crippen LogP contribution in [0.5, 0.6) is 11.5 Å². The molecule has 1 N–H and O–H groups in total. The quantitative estimate of drug-likeness (QED) is 0.210. The lowest BCUT2D eigenvalue weighted by Crippen LogP contribution is -2.11. The zero-order chi connectivity index (χ0) is 28.1. The van der Waals surface area contributed by atoms with E-state index in [4.69, 9.17) is 26.2 Å². The van der Waals surface area contributed by atoms with Crippen molar-refractivity contribution < 1.29 is 19.4 Å². The molecule has 1 aromatic heterocycles. The molecule has 0 amide bonds. The molecule has 0 aliphatic heterocycles. The van der Waals surface area contributed by atoms with Crippen molar-refractivity contribution >= 4 is 23.6 Å². The Balaban J connectivity index is 1.39. The van der Waals surface area contributed by atoms with Crippen molar-refractivity contribution in [1.82, 2.24) is 9.78 Å². The Morgan fingerprint density at radius 3 is 2.38 bits per heavy atom. The van der Waals surface area contributed by atoms with E-state index in [2.05, 4.69) is 0 Å². The average Bonchev–Trinajstić information content (AvgIpc) is 3.40. The van der Waals surface area contributed by atoms with Gasteiger partial charge in [0.05, 0.1) is 18.5 Å². The van der Waals surface area contributed by atoms with Crippen molar-refractivity contribution in [1.29, 1.82) is 0 Å². The Labute approximate surface area is 239 Å². The third-order valence-electron chi connectivity index (χ3n) is 7.42. The monoisotopic (exact) mass is 556 g/mol. The van der Waals surface area contributed by atoms with Gasteiger partial charge in [-0.25, -0.2) is 9.48 Å². The summed E-state index contributed by atoms with van der Waals surface area (Å²) in [6, 6.07) is 23.6. The van der Waals surface area contributed by atoms with Crippen LogP contribution in [-0.2, 0) is 11.4 Å². The van der Waals surface area contributed by atoms with Crippen LogP contribution in [0.4, 0.5) is 0 Å². The average molecular weight is 557 g/mol. The van der Waals surface area contributed by atoms with Gasteiger partial charge in [-0.05, 0) is 91.6 Å². The van der Waals surface area contributed by atoms with Crippen LogP contribution >= 0.6 is 11.6 Å². The molecule has 0 spiro atoms. The van der Waals surface area contributed by atoms with Gasteiger partial charge in [-0.2, -0.15) is 5.10 Å². The highest BCUT2D eigenvalue weighted by Gasteiger charge is 2.22. The van der Waals surface area contributed by atoms with Gasteiger partial charge in [-0.15, -0.1) is 0 Å². The van der Waals surface area contributed by atoms with Gasteiger partial charge in [0.1, 0.15) is 18.1 Å². The lowest BCUT2D eigenvalue weighted by molar-refractivity contribution is -0.132. The van der Waals surface area contributed by atoms with Crippen LogP contribution in [0.1, 0.15) is 61.9 Å². The molecule has 3 aromatic carbocycles. The predicted octanol–water partition coefficient (Wildman–Crippen LogP) is 8.32. The van der Waals surface area contributed by atoms with Gasteiger partial charge >= 0.3 is 5.97 Å². The number of carboxylic acids is 1.